The second-order valence-electron chi connectivity index (χ2n) is 3.88. The molecule has 2 heterocycles. The van der Waals surface area contributed by atoms with Crippen LogP contribution in [0.3, 0.4) is 0 Å². The molecule has 0 saturated carbocycles. The molecule has 0 bridgehead atoms. The summed E-state index contributed by atoms with van der Waals surface area (Å²) in [5, 5.41) is 1.90. The second kappa shape index (κ2) is 4.27. The molecule has 1 aliphatic rings. The third-order valence-electron chi connectivity index (χ3n) is 2.78. The number of hydrogen-bond acceptors (Lipinski definition) is 3. The third-order valence-corrected chi connectivity index (χ3v) is 4.63. The Morgan fingerprint density at radius 3 is 2.88 bits per heavy atom. The van der Waals surface area contributed by atoms with Crippen molar-refractivity contribution in [3.63, 3.8) is 0 Å². The van der Waals surface area contributed by atoms with Crippen molar-refractivity contribution in [2.75, 3.05) is 0 Å². The first-order valence-electron chi connectivity index (χ1n) is 5.27. The van der Waals surface area contributed by atoms with Gasteiger partial charge in [-0.15, -0.1) is 11.3 Å². The Kier molecular flexibility index (Phi) is 2.76. The molecule has 0 radical (unpaired) electrons. The van der Waals surface area contributed by atoms with E-state index in [0.717, 1.165) is 20.7 Å². The van der Waals surface area contributed by atoms with E-state index in [4.69, 9.17) is 4.74 Å². The van der Waals surface area contributed by atoms with E-state index in [1.54, 1.807) is 0 Å². The highest BCUT2D eigenvalue weighted by atomic mass is 79.9. The second-order valence-corrected chi connectivity index (χ2v) is 5.65. The summed E-state index contributed by atoms with van der Waals surface area (Å²) in [7, 11) is 0. The number of ether oxygens (including phenoxy) is 1. The van der Waals surface area contributed by atoms with Gasteiger partial charge in [0.1, 0.15) is 5.75 Å². The summed E-state index contributed by atoms with van der Waals surface area (Å²) >= 11 is 4.83. The van der Waals surface area contributed by atoms with Gasteiger partial charge in [-0.2, -0.15) is 0 Å². The lowest BCUT2D eigenvalue weighted by Gasteiger charge is -2.08. The number of carbonyl (C=O) groups excluding carboxylic acids is 1. The van der Waals surface area contributed by atoms with E-state index in [-0.39, 0.29) is 11.9 Å². The smallest absolute Gasteiger partial charge is 0.214 e. The zero-order valence-electron chi connectivity index (χ0n) is 8.85. The van der Waals surface area contributed by atoms with Crippen molar-refractivity contribution in [3.05, 3.63) is 50.6 Å². The van der Waals surface area contributed by atoms with Crippen molar-refractivity contribution >= 4 is 33.0 Å². The highest BCUT2D eigenvalue weighted by Gasteiger charge is 2.31. The van der Waals surface area contributed by atoms with Gasteiger partial charge in [-0.1, -0.05) is 18.2 Å². The van der Waals surface area contributed by atoms with Crippen LogP contribution in [0, 0.1) is 0 Å². The van der Waals surface area contributed by atoms with Crippen LogP contribution >= 0.6 is 27.3 Å². The number of fused-ring (bicyclic) bond motifs is 1. The van der Waals surface area contributed by atoms with Gasteiger partial charge in [-0.25, -0.2) is 0 Å². The first-order chi connectivity index (χ1) is 8.25. The molecule has 1 unspecified atom stereocenters. The van der Waals surface area contributed by atoms with Crippen molar-refractivity contribution in [1.29, 1.82) is 0 Å². The predicted molar refractivity (Wildman–Crippen MR) is 70.9 cm³/mol. The largest absolute Gasteiger partial charge is 0.482 e. The summed E-state index contributed by atoms with van der Waals surface area (Å²) in [5.41, 5.74) is 1.11. The summed E-state index contributed by atoms with van der Waals surface area (Å²) < 4.78 is 6.54. The number of carbonyl (C=O) groups is 1. The fourth-order valence-electron chi connectivity index (χ4n) is 1.94. The molecule has 17 heavy (non-hydrogen) atoms. The standard InChI is InChI=1S/C13H9BrO2S/c14-9-5-6-17-13(9)12(15)11-7-8-3-1-2-4-10(8)16-11/h1-6,11H,7H2. The third kappa shape index (κ3) is 1.91. The van der Waals surface area contributed by atoms with Crippen LogP contribution in [0.15, 0.2) is 40.2 Å². The number of halogens is 1. The van der Waals surface area contributed by atoms with Gasteiger partial charge in [-0.05, 0) is 39.0 Å². The summed E-state index contributed by atoms with van der Waals surface area (Å²) in [6, 6.07) is 9.70. The minimum Gasteiger partial charge on any atom is -0.482 e. The molecule has 0 fully saturated rings. The Bertz CT molecular complexity index is 551. The summed E-state index contributed by atoms with van der Waals surface area (Å²) in [4.78, 5) is 13.0. The van der Waals surface area contributed by atoms with Crippen LogP contribution < -0.4 is 4.74 Å². The normalized spacial score (nSPS) is 17.6. The number of rotatable bonds is 2. The zero-order chi connectivity index (χ0) is 11.8. The van der Waals surface area contributed by atoms with Gasteiger partial charge in [0.15, 0.2) is 6.10 Å². The van der Waals surface area contributed by atoms with Gasteiger partial charge >= 0.3 is 0 Å². The summed E-state index contributed by atoms with van der Waals surface area (Å²) in [5.74, 6) is 0.890. The lowest BCUT2D eigenvalue weighted by Crippen LogP contribution is -2.24. The van der Waals surface area contributed by atoms with Crippen LogP contribution in [-0.4, -0.2) is 11.9 Å². The van der Waals surface area contributed by atoms with E-state index < -0.39 is 0 Å². The molecule has 0 amide bonds. The van der Waals surface area contributed by atoms with Gasteiger partial charge in [0, 0.05) is 10.9 Å². The van der Waals surface area contributed by atoms with Gasteiger partial charge in [0.05, 0.1) is 4.88 Å². The number of para-hydroxylation sites is 1. The number of hydrogen-bond donors (Lipinski definition) is 0. The summed E-state index contributed by atoms with van der Waals surface area (Å²) in [6.45, 7) is 0. The van der Waals surface area contributed by atoms with E-state index in [2.05, 4.69) is 15.9 Å². The average Bonchev–Trinajstić information content (AvgIpc) is 2.93. The minimum atomic E-state index is -0.373. The lowest BCUT2D eigenvalue weighted by molar-refractivity contribution is 0.0828. The monoisotopic (exact) mass is 308 g/mol. The molecule has 2 nitrogen and oxygen atoms in total. The Morgan fingerprint density at radius 1 is 1.35 bits per heavy atom. The van der Waals surface area contributed by atoms with E-state index in [1.165, 1.54) is 11.3 Å². The fraction of sp³-hybridized carbons (Fsp3) is 0.154. The van der Waals surface area contributed by atoms with E-state index in [0.29, 0.717) is 6.42 Å². The van der Waals surface area contributed by atoms with Crippen molar-refractivity contribution in [3.8, 4) is 5.75 Å². The molecule has 1 aliphatic heterocycles. The van der Waals surface area contributed by atoms with Gasteiger partial charge < -0.3 is 4.74 Å². The minimum absolute atomic E-state index is 0.0584. The molecule has 0 saturated heterocycles. The molecule has 1 atom stereocenters. The maximum Gasteiger partial charge on any atom is 0.214 e. The number of benzene rings is 1. The Hall–Kier alpha value is -1.13. The van der Waals surface area contributed by atoms with Crippen molar-refractivity contribution in [2.24, 2.45) is 0 Å². The maximum atomic E-state index is 12.3. The molecular formula is C13H9BrO2S. The van der Waals surface area contributed by atoms with Crippen LogP contribution in [0.5, 0.6) is 5.75 Å². The molecule has 4 heteroatoms. The van der Waals surface area contributed by atoms with Crippen LogP contribution in [0.1, 0.15) is 15.2 Å². The molecule has 0 spiro atoms. The Labute approximate surface area is 111 Å². The molecule has 0 N–H and O–H groups in total. The Balaban J connectivity index is 1.86. The van der Waals surface area contributed by atoms with E-state index >= 15 is 0 Å². The number of ketones is 1. The maximum absolute atomic E-state index is 12.3. The lowest BCUT2D eigenvalue weighted by atomic mass is 10.1. The predicted octanol–water partition coefficient (Wildman–Crippen LogP) is 3.70. The quantitative estimate of drug-likeness (QED) is 0.791. The van der Waals surface area contributed by atoms with E-state index in [1.807, 2.05) is 35.7 Å². The molecule has 3 rings (SSSR count). The Morgan fingerprint density at radius 2 is 2.18 bits per heavy atom. The first kappa shape index (κ1) is 11.0. The average molecular weight is 309 g/mol. The highest BCUT2D eigenvalue weighted by molar-refractivity contribution is 9.10. The highest BCUT2D eigenvalue weighted by Crippen LogP contribution is 2.32. The molecule has 0 aliphatic carbocycles. The van der Waals surface area contributed by atoms with Crippen LogP contribution in [0.4, 0.5) is 0 Å². The first-order valence-corrected chi connectivity index (χ1v) is 6.95. The number of thiophene rings is 1. The van der Waals surface area contributed by atoms with Gasteiger partial charge in [0.2, 0.25) is 5.78 Å². The van der Waals surface area contributed by atoms with Gasteiger partial charge in [0.25, 0.3) is 0 Å². The van der Waals surface area contributed by atoms with Crippen molar-refractivity contribution in [1.82, 2.24) is 0 Å². The summed E-state index contributed by atoms with van der Waals surface area (Å²) in [6.07, 6.45) is 0.293. The zero-order valence-corrected chi connectivity index (χ0v) is 11.3. The molecule has 2 aromatic rings. The van der Waals surface area contributed by atoms with Crippen molar-refractivity contribution in [2.45, 2.75) is 12.5 Å². The van der Waals surface area contributed by atoms with Crippen LogP contribution in [0.2, 0.25) is 0 Å². The number of Topliss-reactive ketones (excluding diaryl/α,β-unsaturated/α-hetero) is 1. The molecule has 1 aromatic carbocycles. The van der Waals surface area contributed by atoms with Crippen LogP contribution in [0.25, 0.3) is 0 Å². The van der Waals surface area contributed by atoms with Crippen LogP contribution in [-0.2, 0) is 6.42 Å². The van der Waals surface area contributed by atoms with Gasteiger partial charge in [-0.3, -0.25) is 4.79 Å². The molecule has 1 aromatic heterocycles. The fourth-order valence-corrected chi connectivity index (χ4v) is 3.50. The van der Waals surface area contributed by atoms with E-state index in [9.17, 15) is 4.79 Å². The van der Waals surface area contributed by atoms with Crippen molar-refractivity contribution < 1.29 is 9.53 Å². The molecular weight excluding hydrogens is 300 g/mol. The molecule has 86 valence electrons. The topological polar surface area (TPSA) is 26.3 Å². The SMILES string of the molecule is O=C(c1sccc1Br)C1Cc2ccccc2O1.